The largest absolute Gasteiger partial charge is 0.469 e. The molecule has 0 saturated carbocycles. The molecule has 2 aromatic rings. The van der Waals surface area contributed by atoms with Gasteiger partial charge in [-0.15, -0.1) is 0 Å². The van der Waals surface area contributed by atoms with Crippen LogP contribution in [0.4, 0.5) is 0 Å². The van der Waals surface area contributed by atoms with Crippen LogP contribution in [-0.2, 0) is 6.42 Å². The van der Waals surface area contributed by atoms with E-state index in [9.17, 15) is 5.11 Å². The molecule has 1 heterocycles. The van der Waals surface area contributed by atoms with Crippen molar-refractivity contribution >= 4 is 23.2 Å². The molecule has 2 rings (SSSR count). The summed E-state index contributed by atoms with van der Waals surface area (Å²) in [7, 11) is 0. The number of hydrogen-bond donors (Lipinski definition) is 2. The van der Waals surface area contributed by atoms with Crippen LogP contribution in [0.15, 0.2) is 41.0 Å². The number of aliphatic hydroxyl groups excluding tert-OH is 1. The zero-order valence-corrected chi connectivity index (χ0v) is 12.7. The number of benzene rings is 1. The highest BCUT2D eigenvalue weighted by atomic mass is 35.5. The van der Waals surface area contributed by atoms with Gasteiger partial charge in [0.15, 0.2) is 0 Å². The summed E-state index contributed by atoms with van der Waals surface area (Å²) in [5, 5.41) is 14.5. The fraction of sp³-hybridized carbons (Fsp3) is 0.333. The van der Waals surface area contributed by atoms with E-state index in [4.69, 9.17) is 27.6 Å². The van der Waals surface area contributed by atoms with E-state index in [1.807, 2.05) is 19.1 Å². The van der Waals surface area contributed by atoms with E-state index in [2.05, 4.69) is 5.32 Å². The van der Waals surface area contributed by atoms with E-state index in [1.165, 1.54) is 0 Å². The minimum absolute atomic E-state index is 0.189. The Morgan fingerprint density at radius 1 is 1.30 bits per heavy atom. The average molecular weight is 314 g/mol. The van der Waals surface area contributed by atoms with Crippen LogP contribution in [0.5, 0.6) is 0 Å². The predicted octanol–water partition coefficient (Wildman–Crippen LogP) is 3.84. The molecule has 0 spiro atoms. The highest BCUT2D eigenvalue weighted by Crippen LogP contribution is 2.26. The lowest BCUT2D eigenvalue weighted by Gasteiger charge is -2.17. The molecule has 1 aromatic heterocycles. The van der Waals surface area contributed by atoms with Gasteiger partial charge in [0.25, 0.3) is 0 Å². The van der Waals surface area contributed by atoms with E-state index in [1.54, 1.807) is 24.5 Å². The molecule has 3 nitrogen and oxygen atoms in total. The van der Waals surface area contributed by atoms with Crippen LogP contribution >= 0.6 is 23.2 Å². The fourth-order valence-electron chi connectivity index (χ4n) is 2.00. The summed E-state index contributed by atoms with van der Waals surface area (Å²) in [6, 6.07) is 9.06. The van der Waals surface area contributed by atoms with Gasteiger partial charge in [0.2, 0.25) is 0 Å². The minimum atomic E-state index is -0.694. The molecule has 20 heavy (non-hydrogen) atoms. The summed E-state index contributed by atoms with van der Waals surface area (Å²) >= 11 is 12.0. The summed E-state index contributed by atoms with van der Waals surface area (Å²) in [6.07, 6.45) is 1.73. The lowest BCUT2D eigenvalue weighted by Crippen LogP contribution is -2.32. The Kier molecular flexibility index (Phi) is 5.49. The number of rotatable bonds is 6. The van der Waals surface area contributed by atoms with Crippen molar-refractivity contribution in [3.63, 3.8) is 0 Å². The highest BCUT2D eigenvalue weighted by Gasteiger charge is 2.14. The van der Waals surface area contributed by atoms with E-state index in [0.29, 0.717) is 22.2 Å². The molecule has 2 atom stereocenters. The number of nitrogens with one attached hydrogen (secondary N) is 1. The Balaban J connectivity index is 1.88. The third-order valence-electron chi connectivity index (χ3n) is 3.06. The molecule has 0 aliphatic heterocycles. The average Bonchev–Trinajstić information content (AvgIpc) is 2.91. The first-order valence-electron chi connectivity index (χ1n) is 6.45. The molecule has 108 valence electrons. The fourth-order valence-corrected chi connectivity index (χ4v) is 2.42. The number of halogens is 2. The van der Waals surface area contributed by atoms with Gasteiger partial charge in [-0.1, -0.05) is 23.2 Å². The Bertz CT molecular complexity index is 543. The third-order valence-corrected chi connectivity index (χ3v) is 3.64. The first-order valence-corrected chi connectivity index (χ1v) is 7.20. The van der Waals surface area contributed by atoms with E-state index in [-0.39, 0.29) is 6.04 Å². The molecule has 2 unspecified atom stereocenters. The normalized spacial score (nSPS) is 14.2. The molecule has 0 bridgehead atoms. The van der Waals surface area contributed by atoms with Crippen LogP contribution in [0, 0.1) is 0 Å². The molecule has 0 amide bonds. The summed E-state index contributed by atoms with van der Waals surface area (Å²) in [5.41, 5.74) is 0.636. The van der Waals surface area contributed by atoms with Crippen LogP contribution < -0.4 is 5.32 Å². The molecule has 2 N–H and O–H groups in total. The molecule has 0 radical (unpaired) electrons. The third kappa shape index (κ3) is 4.25. The van der Waals surface area contributed by atoms with E-state index < -0.39 is 6.10 Å². The van der Waals surface area contributed by atoms with Crippen LogP contribution in [0.1, 0.15) is 24.4 Å². The summed E-state index contributed by atoms with van der Waals surface area (Å²) in [4.78, 5) is 0. The van der Waals surface area contributed by atoms with Crippen LogP contribution in [0.2, 0.25) is 10.0 Å². The maximum absolute atomic E-state index is 10.2. The first-order chi connectivity index (χ1) is 9.56. The number of aliphatic hydroxyl groups is 1. The minimum Gasteiger partial charge on any atom is -0.469 e. The van der Waals surface area contributed by atoms with Crippen molar-refractivity contribution in [2.45, 2.75) is 25.5 Å². The molecular formula is C15H17Cl2NO2. The quantitative estimate of drug-likeness (QED) is 0.851. The summed E-state index contributed by atoms with van der Waals surface area (Å²) in [6.45, 7) is 2.44. The van der Waals surface area contributed by atoms with E-state index >= 15 is 0 Å². The van der Waals surface area contributed by atoms with Gasteiger partial charge in [0, 0.05) is 34.6 Å². The highest BCUT2D eigenvalue weighted by molar-refractivity contribution is 6.33. The number of hydrogen-bond acceptors (Lipinski definition) is 3. The zero-order valence-electron chi connectivity index (χ0n) is 11.1. The van der Waals surface area contributed by atoms with Gasteiger partial charge in [-0.3, -0.25) is 0 Å². The van der Waals surface area contributed by atoms with Crippen molar-refractivity contribution < 1.29 is 9.52 Å². The Hall–Kier alpha value is -1.000. The standard InChI is InChI=1S/C15H17Cl2NO2/c1-10(7-12-3-2-6-20-12)18-9-15(19)13-8-11(16)4-5-14(13)17/h2-6,8,10,15,18-19H,7,9H2,1H3. The van der Waals surface area contributed by atoms with Gasteiger partial charge in [-0.25, -0.2) is 0 Å². The molecule has 1 aromatic carbocycles. The van der Waals surface area contributed by atoms with Gasteiger partial charge < -0.3 is 14.8 Å². The maximum Gasteiger partial charge on any atom is 0.105 e. The predicted molar refractivity (Wildman–Crippen MR) is 81.3 cm³/mol. The van der Waals surface area contributed by atoms with Crippen molar-refractivity contribution in [1.82, 2.24) is 5.32 Å². The maximum atomic E-state index is 10.2. The van der Waals surface area contributed by atoms with Gasteiger partial charge in [-0.05, 0) is 37.3 Å². The molecule has 0 saturated heterocycles. The first kappa shape index (κ1) is 15.4. The van der Waals surface area contributed by atoms with Crippen molar-refractivity contribution in [3.8, 4) is 0 Å². The van der Waals surface area contributed by atoms with Gasteiger partial charge in [0.1, 0.15) is 5.76 Å². The second-order valence-electron chi connectivity index (χ2n) is 4.77. The van der Waals surface area contributed by atoms with E-state index in [0.717, 1.165) is 12.2 Å². The molecule has 5 heteroatoms. The summed E-state index contributed by atoms with van der Waals surface area (Å²) < 4.78 is 5.29. The molecule has 0 aliphatic carbocycles. The van der Waals surface area contributed by atoms with Crippen molar-refractivity contribution in [3.05, 3.63) is 58.0 Å². The van der Waals surface area contributed by atoms with Crippen molar-refractivity contribution in [2.75, 3.05) is 6.54 Å². The zero-order chi connectivity index (χ0) is 14.5. The van der Waals surface area contributed by atoms with Crippen molar-refractivity contribution in [2.24, 2.45) is 0 Å². The monoisotopic (exact) mass is 313 g/mol. The lowest BCUT2D eigenvalue weighted by atomic mass is 10.1. The van der Waals surface area contributed by atoms with Crippen LogP contribution in [0.25, 0.3) is 0 Å². The second-order valence-corrected chi connectivity index (χ2v) is 5.62. The Morgan fingerprint density at radius 2 is 2.10 bits per heavy atom. The van der Waals surface area contributed by atoms with Crippen LogP contribution in [0.3, 0.4) is 0 Å². The van der Waals surface area contributed by atoms with Crippen molar-refractivity contribution in [1.29, 1.82) is 0 Å². The van der Waals surface area contributed by atoms with Crippen LogP contribution in [-0.4, -0.2) is 17.7 Å². The SMILES string of the molecule is CC(Cc1ccco1)NCC(O)c1cc(Cl)ccc1Cl. The lowest BCUT2D eigenvalue weighted by molar-refractivity contribution is 0.170. The number of furan rings is 1. The molecular weight excluding hydrogens is 297 g/mol. The van der Waals surface area contributed by atoms with Gasteiger partial charge in [0.05, 0.1) is 12.4 Å². The second kappa shape index (κ2) is 7.14. The smallest absolute Gasteiger partial charge is 0.105 e. The van der Waals surface area contributed by atoms with Gasteiger partial charge >= 0.3 is 0 Å². The Labute approximate surface area is 128 Å². The van der Waals surface area contributed by atoms with Gasteiger partial charge in [-0.2, -0.15) is 0 Å². The molecule has 0 fully saturated rings. The topological polar surface area (TPSA) is 45.4 Å². The Morgan fingerprint density at radius 3 is 2.80 bits per heavy atom. The molecule has 0 aliphatic rings. The summed E-state index contributed by atoms with van der Waals surface area (Å²) in [5.74, 6) is 0.917.